The summed E-state index contributed by atoms with van der Waals surface area (Å²) in [5.41, 5.74) is 6.31. The van der Waals surface area contributed by atoms with Gasteiger partial charge < -0.3 is 9.64 Å². The zero-order chi connectivity index (χ0) is 26.0. The van der Waals surface area contributed by atoms with Gasteiger partial charge in [-0.1, -0.05) is 19.6 Å². The summed E-state index contributed by atoms with van der Waals surface area (Å²) in [6.07, 6.45) is 5.66. The Morgan fingerprint density at radius 1 is 1.36 bits per heavy atom. The monoisotopic (exact) mass is 552 g/mol. The van der Waals surface area contributed by atoms with Gasteiger partial charge in [0.2, 0.25) is 5.88 Å². The number of aryl methyl sites for hydroxylation is 3. The molecular weight excluding hydrogens is 524 g/mol. The fraction of sp³-hybridized carbons (Fsp3) is 0.360. The molecule has 0 aromatic carbocycles. The number of hydrogen-bond donors (Lipinski definition) is 1. The standard InChI is InChI=1S/C25H29BrN8O2/c1-7-16-18(8-2)34(5)32-21(16)25(35)33(4)11-9-10-15-13-27-19(36-6)12-17(15)24-28-14(3)20-22(29-24)23(26)31-30-20/h7,12-13H,1,8-11H2,2-6H3,(H,30,31). The second-order valence-corrected chi connectivity index (χ2v) is 9.23. The maximum absolute atomic E-state index is 13.1. The van der Waals surface area contributed by atoms with Crippen LogP contribution in [0.1, 0.15) is 46.3 Å². The van der Waals surface area contributed by atoms with Crippen LogP contribution < -0.4 is 4.74 Å². The molecule has 0 bridgehead atoms. The lowest BCUT2D eigenvalue weighted by Crippen LogP contribution is -2.29. The molecule has 188 valence electrons. The topological polar surface area (TPSA) is 115 Å². The molecule has 36 heavy (non-hydrogen) atoms. The van der Waals surface area contributed by atoms with Crippen LogP contribution >= 0.6 is 15.9 Å². The average Bonchev–Trinajstić information content (AvgIpc) is 3.42. The van der Waals surface area contributed by atoms with E-state index in [0.29, 0.717) is 40.5 Å². The summed E-state index contributed by atoms with van der Waals surface area (Å²) < 4.78 is 7.74. The van der Waals surface area contributed by atoms with E-state index < -0.39 is 0 Å². The number of ether oxygens (including phenoxy) is 1. The van der Waals surface area contributed by atoms with Crippen molar-refractivity contribution in [1.29, 1.82) is 0 Å². The van der Waals surface area contributed by atoms with Crippen molar-refractivity contribution < 1.29 is 9.53 Å². The first-order valence-electron chi connectivity index (χ1n) is 11.6. The molecule has 0 unspecified atom stereocenters. The average molecular weight is 553 g/mol. The largest absolute Gasteiger partial charge is 0.481 e. The van der Waals surface area contributed by atoms with Crippen LogP contribution in [0.25, 0.3) is 28.5 Å². The van der Waals surface area contributed by atoms with E-state index in [2.05, 4.69) is 42.8 Å². The molecule has 4 rings (SSSR count). The van der Waals surface area contributed by atoms with Crippen LogP contribution in [-0.2, 0) is 19.9 Å². The van der Waals surface area contributed by atoms with Gasteiger partial charge in [-0.25, -0.2) is 15.0 Å². The lowest BCUT2D eigenvalue weighted by molar-refractivity contribution is 0.0787. The fourth-order valence-electron chi connectivity index (χ4n) is 4.27. The Kier molecular flexibility index (Phi) is 7.48. The number of amides is 1. The first kappa shape index (κ1) is 25.5. The molecule has 0 aliphatic rings. The molecule has 4 aromatic heterocycles. The van der Waals surface area contributed by atoms with Gasteiger partial charge in [-0.2, -0.15) is 10.2 Å². The molecule has 0 atom stereocenters. The van der Waals surface area contributed by atoms with Crippen molar-refractivity contribution in [3.63, 3.8) is 0 Å². The molecule has 10 nitrogen and oxygen atoms in total. The zero-order valence-electron chi connectivity index (χ0n) is 21.1. The van der Waals surface area contributed by atoms with Crippen molar-refractivity contribution >= 4 is 38.9 Å². The number of nitrogens with one attached hydrogen (secondary N) is 1. The van der Waals surface area contributed by atoms with Crippen molar-refractivity contribution in [2.24, 2.45) is 7.05 Å². The Balaban J connectivity index is 1.55. The van der Waals surface area contributed by atoms with Crippen LogP contribution in [0.2, 0.25) is 0 Å². The minimum Gasteiger partial charge on any atom is -0.481 e. The number of H-pyrrole nitrogens is 1. The SMILES string of the molecule is C=Cc1c(C(=O)N(C)CCCc2cnc(OC)cc2-c2nc(C)c3[nH]nc(Br)c3n2)nn(C)c1CC. The molecule has 0 radical (unpaired) electrons. The third-order valence-electron chi connectivity index (χ3n) is 6.20. The molecule has 1 amide bonds. The van der Waals surface area contributed by atoms with E-state index in [0.717, 1.165) is 46.4 Å². The Bertz CT molecular complexity index is 1440. The Morgan fingerprint density at radius 3 is 2.83 bits per heavy atom. The van der Waals surface area contributed by atoms with Gasteiger partial charge in [0.15, 0.2) is 16.1 Å². The second kappa shape index (κ2) is 10.6. The number of nitrogens with zero attached hydrogens (tertiary/aromatic N) is 7. The number of methoxy groups -OCH3 is 1. The van der Waals surface area contributed by atoms with E-state index in [9.17, 15) is 4.79 Å². The summed E-state index contributed by atoms with van der Waals surface area (Å²) in [5, 5.41) is 11.6. The predicted molar refractivity (Wildman–Crippen MR) is 142 cm³/mol. The number of carbonyl (C=O) groups excluding carboxylic acids is 1. The van der Waals surface area contributed by atoms with Crippen LogP contribution in [0.15, 0.2) is 23.4 Å². The van der Waals surface area contributed by atoms with E-state index in [1.165, 1.54) is 0 Å². The number of aromatic nitrogens is 7. The highest BCUT2D eigenvalue weighted by Gasteiger charge is 2.22. The minimum atomic E-state index is -0.123. The molecule has 4 aromatic rings. The molecule has 11 heteroatoms. The van der Waals surface area contributed by atoms with Crippen LogP contribution in [0.5, 0.6) is 5.88 Å². The third kappa shape index (κ3) is 4.75. The highest BCUT2D eigenvalue weighted by molar-refractivity contribution is 9.10. The van der Waals surface area contributed by atoms with Gasteiger partial charge in [-0.3, -0.25) is 14.6 Å². The lowest BCUT2D eigenvalue weighted by Gasteiger charge is -2.17. The van der Waals surface area contributed by atoms with Gasteiger partial charge in [-0.05, 0) is 47.7 Å². The molecular formula is C25H29BrN8O2. The van der Waals surface area contributed by atoms with Gasteiger partial charge in [-0.15, -0.1) is 0 Å². The van der Waals surface area contributed by atoms with Gasteiger partial charge in [0.05, 0.1) is 12.8 Å². The van der Waals surface area contributed by atoms with E-state index >= 15 is 0 Å². The molecule has 0 saturated carbocycles. The summed E-state index contributed by atoms with van der Waals surface area (Å²) in [6, 6.07) is 1.84. The number of pyridine rings is 1. The van der Waals surface area contributed by atoms with Gasteiger partial charge in [0.25, 0.3) is 5.91 Å². The maximum atomic E-state index is 13.1. The lowest BCUT2D eigenvalue weighted by atomic mass is 10.0. The van der Waals surface area contributed by atoms with Crippen molar-refractivity contribution in [3.05, 3.63) is 51.7 Å². The predicted octanol–water partition coefficient (Wildman–Crippen LogP) is 4.14. The van der Waals surface area contributed by atoms with E-state index in [4.69, 9.17) is 14.7 Å². The van der Waals surface area contributed by atoms with E-state index in [-0.39, 0.29) is 5.91 Å². The number of halogens is 1. The molecule has 0 aliphatic heterocycles. The number of carbonyl (C=O) groups is 1. The summed E-state index contributed by atoms with van der Waals surface area (Å²) >= 11 is 3.45. The number of hydrogen-bond acceptors (Lipinski definition) is 7. The summed E-state index contributed by atoms with van der Waals surface area (Å²) in [7, 11) is 5.22. The Morgan fingerprint density at radius 2 is 2.14 bits per heavy atom. The van der Waals surface area contributed by atoms with Crippen LogP contribution in [0.3, 0.4) is 0 Å². The van der Waals surface area contributed by atoms with Gasteiger partial charge in [0.1, 0.15) is 11.0 Å². The Labute approximate surface area is 217 Å². The maximum Gasteiger partial charge on any atom is 0.274 e. The second-order valence-electron chi connectivity index (χ2n) is 8.47. The molecule has 4 heterocycles. The third-order valence-corrected chi connectivity index (χ3v) is 6.75. The van der Waals surface area contributed by atoms with E-state index in [1.807, 2.05) is 27.0 Å². The smallest absolute Gasteiger partial charge is 0.274 e. The quantitative estimate of drug-likeness (QED) is 0.331. The summed E-state index contributed by atoms with van der Waals surface area (Å²) in [5.74, 6) is 0.924. The summed E-state index contributed by atoms with van der Waals surface area (Å²) in [6.45, 7) is 8.37. The highest BCUT2D eigenvalue weighted by Crippen LogP contribution is 2.29. The number of fused-ring (bicyclic) bond motifs is 1. The van der Waals surface area contributed by atoms with Crippen molar-refractivity contribution in [2.75, 3.05) is 20.7 Å². The van der Waals surface area contributed by atoms with E-state index in [1.54, 1.807) is 36.0 Å². The Hall–Kier alpha value is -3.60. The van der Waals surface area contributed by atoms with Gasteiger partial charge >= 0.3 is 0 Å². The normalized spacial score (nSPS) is 11.2. The fourth-order valence-corrected chi connectivity index (χ4v) is 4.65. The summed E-state index contributed by atoms with van der Waals surface area (Å²) in [4.78, 5) is 28.6. The molecule has 1 N–H and O–H groups in total. The van der Waals surface area contributed by atoms with Crippen LogP contribution in [0.4, 0.5) is 0 Å². The van der Waals surface area contributed by atoms with Crippen LogP contribution in [-0.4, -0.2) is 66.4 Å². The molecule has 0 fully saturated rings. The molecule has 0 saturated heterocycles. The van der Waals surface area contributed by atoms with Crippen molar-refractivity contribution in [2.45, 2.75) is 33.1 Å². The first-order chi connectivity index (χ1) is 17.3. The zero-order valence-corrected chi connectivity index (χ0v) is 22.7. The van der Waals surface area contributed by atoms with Crippen molar-refractivity contribution in [1.82, 2.24) is 39.8 Å². The van der Waals surface area contributed by atoms with Gasteiger partial charge in [0, 0.05) is 49.7 Å². The minimum absolute atomic E-state index is 0.123. The number of aromatic amines is 1. The van der Waals surface area contributed by atoms with Crippen LogP contribution in [0, 0.1) is 6.92 Å². The number of rotatable bonds is 9. The highest BCUT2D eigenvalue weighted by atomic mass is 79.9. The molecule has 0 spiro atoms. The van der Waals surface area contributed by atoms with Crippen molar-refractivity contribution in [3.8, 4) is 17.3 Å². The first-order valence-corrected chi connectivity index (χ1v) is 12.4. The molecule has 0 aliphatic carbocycles.